The van der Waals surface area contributed by atoms with Crippen molar-refractivity contribution in [2.24, 2.45) is 0 Å². The van der Waals surface area contributed by atoms with Crippen molar-refractivity contribution in [2.45, 2.75) is 4.90 Å². The molecule has 2 amide bonds. The largest absolute Gasteiger partial charge is 0.322 e. The van der Waals surface area contributed by atoms with Gasteiger partial charge in [0.15, 0.2) is 0 Å². The summed E-state index contributed by atoms with van der Waals surface area (Å²) in [5.41, 5.74) is 1.94. The van der Waals surface area contributed by atoms with Gasteiger partial charge in [0.05, 0.1) is 4.88 Å². The van der Waals surface area contributed by atoms with E-state index in [1.165, 1.54) is 11.3 Å². The van der Waals surface area contributed by atoms with Gasteiger partial charge in [0.25, 0.3) is 11.8 Å². The summed E-state index contributed by atoms with van der Waals surface area (Å²) in [7, 11) is 0. The number of anilines is 2. The van der Waals surface area contributed by atoms with Crippen molar-refractivity contribution in [3.63, 3.8) is 0 Å². The quantitative estimate of drug-likeness (QED) is 0.625. The normalized spacial score (nSPS) is 10.3. The van der Waals surface area contributed by atoms with Crippen LogP contribution in [-0.2, 0) is 0 Å². The maximum Gasteiger partial charge on any atom is 0.265 e. The summed E-state index contributed by atoms with van der Waals surface area (Å²) in [6.07, 6.45) is 1.99. The van der Waals surface area contributed by atoms with Gasteiger partial charge in [0.2, 0.25) is 0 Å². The maximum atomic E-state index is 12.3. The fourth-order valence-electron chi connectivity index (χ4n) is 2.21. The second-order valence-corrected chi connectivity index (χ2v) is 7.02. The summed E-state index contributed by atoms with van der Waals surface area (Å²) < 4.78 is 0. The standard InChI is InChI=1S/C19H16N2O2S2/c1-24-16-5-2-4-15(12-16)21-18(22)13-7-9-14(10-8-13)20-19(23)17-6-3-11-25-17/h2-12H,1H3,(H,20,23)(H,21,22). The molecule has 0 radical (unpaired) electrons. The lowest BCUT2D eigenvalue weighted by molar-refractivity contribution is 0.102. The molecule has 0 fully saturated rings. The lowest BCUT2D eigenvalue weighted by Crippen LogP contribution is -2.13. The first-order valence-electron chi connectivity index (χ1n) is 7.56. The Balaban J connectivity index is 1.65. The molecule has 0 aliphatic heterocycles. The third-order valence-corrected chi connectivity index (χ3v) is 5.07. The van der Waals surface area contributed by atoms with Crippen LogP contribution in [0, 0.1) is 0 Å². The van der Waals surface area contributed by atoms with Gasteiger partial charge in [0, 0.05) is 21.8 Å². The van der Waals surface area contributed by atoms with E-state index in [0.717, 1.165) is 10.6 Å². The van der Waals surface area contributed by atoms with Crippen LogP contribution in [-0.4, -0.2) is 18.1 Å². The zero-order valence-electron chi connectivity index (χ0n) is 13.5. The molecule has 1 heterocycles. The number of hydrogen-bond donors (Lipinski definition) is 2. The zero-order chi connectivity index (χ0) is 17.6. The molecule has 0 saturated heterocycles. The van der Waals surface area contributed by atoms with Crippen molar-refractivity contribution in [3.8, 4) is 0 Å². The van der Waals surface area contributed by atoms with Crippen LogP contribution in [0.25, 0.3) is 0 Å². The number of hydrogen-bond acceptors (Lipinski definition) is 4. The molecule has 6 heteroatoms. The summed E-state index contributed by atoms with van der Waals surface area (Å²) in [4.78, 5) is 26.1. The van der Waals surface area contributed by atoms with Gasteiger partial charge < -0.3 is 10.6 Å². The number of carbonyl (C=O) groups is 2. The molecular weight excluding hydrogens is 352 g/mol. The van der Waals surface area contributed by atoms with E-state index in [2.05, 4.69) is 10.6 Å². The van der Waals surface area contributed by atoms with E-state index in [1.807, 2.05) is 42.0 Å². The second kappa shape index (κ2) is 8.00. The number of thiophene rings is 1. The topological polar surface area (TPSA) is 58.2 Å². The lowest BCUT2D eigenvalue weighted by Gasteiger charge is -2.08. The van der Waals surface area contributed by atoms with Gasteiger partial charge in [-0.25, -0.2) is 0 Å². The molecule has 25 heavy (non-hydrogen) atoms. The summed E-state index contributed by atoms with van der Waals surface area (Å²) >= 11 is 3.01. The molecule has 0 bridgehead atoms. The second-order valence-electron chi connectivity index (χ2n) is 5.19. The first-order chi connectivity index (χ1) is 12.2. The molecule has 4 nitrogen and oxygen atoms in total. The summed E-state index contributed by atoms with van der Waals surface area (Å²) in [6, 6.07) is 18.1. The molecule has 2 N–H and O–H groups in total. The molecule has 0 saturated carbocycles. The molecule has 0 unspecified atom stereocenters. The van der Waals surface area contributed by atoms with Gasteiger partial charge in [-0.05, 0) is 60.2 Å². The third kappa shape index (κ3) is 4.49. The van der Waals surface area contributed by atoms with E-state index in [4.69, 9.17) is 0 Å². The van der Waals surface area contributed by atoms with Crippen molar-refractivity contribution < 1.29 is 9.59 Å². The molecule has 1 aromatic heterocycles. The van der Waals surface area contributed by atoms with Gasteiger partial charge in [-0.3, -0.25) is 9.59 Å². The number of nitrogens with one attached hydrogen (secondary N) is 2. The zero-order valence-corrected chi connectivity index (χ0v) is 15.1. The average molecular weight is 368 g/mol. The van der Waals surface area contributed by atoms with Crippen LogP contribution >= 0.6 is 23.1 Å². The molecule has 0 spiro atoms. The first kappa shape index (κ1) is 17.3. The number of rotatable bonds is 5. The van der Waals surface area contributed by atoms with E-state index in [9.17, 15) is 9.59 Å². The minimum Gasteiger partial charge on any atom is -0.322 e. The van der Waals surface area contributed by atoms with Crippen LogP contribution in [0.5, 0.6) is 0 Å². The predicted octanol–water partition coefficient (Wildman–Crippen LogP) is 4.97. The Kier molecular flexibility index (Phi) is 5.53. The highest BCUT2D eigenvalue weighted by Crippen LogP contribution is 2.20. The molecule has 3 rings (SSSR count). The van der Waals surface area contributed by atoms with Crippen molar-refractivity contribution in [3.05, 3.63) is 76.5 Å². The Labute approximate surface area is 154 Å². The Morgan fingerprint density at radius 2 is 1.64 bits per heavy atom. The van der Waals surface area contributed by atoms with Crippen molar-refractivity contribution in [2.75, 3.05) is 16.9 Å². The molecule has 126 valence electrons. The average Bonchev–Trinajstić information content (AvgIpc) is 3.17. The van der Waals surface area contributed by atoms with Crippen LogP contribution in [0.2, 0.25) is 0 Å². The van der Waals surface area contributed by atoms with Crippen LogP contribution in [0.15, 0.2) is 70.9 Å². The van der Waals surface area contributed by atoms with Crippen LogP contribution < -0.4 is 10.6 Å². The summed E-state index contributed by atoms with van der Waals surface area (Å²) in [5, 5.41) is 7.55. The third-order valence-electron chi connectivity index (χ3n) is 3.48. The van der Waals surface area contributed by atoms with Crippen molar-refractivity contribution >= 4 is 46.3 Å². The Morgan fingerprint density at radius 3 is 2.32 bits per heavy atom. The first-order valence-corrected chi connectivity index (χ1v) is 9.66. The van der Waals surface area contributed by atoms with E-state index in [0.29, 0.717) is 16.1 Å². The summed E-state index contributed by atoms with van der Waals surface area (Å²) in [5.74, 6) is -0.338. The Hall–Kier alpha value is -2.57. The van der Waals surface area contributed by atoms with Gasteiger partial charge >= 0.3 is 0 Å². The Bertz CT molecular complexity index is 875. The highest BCUT2D eigenvalue weighted by molar-refractivity contribution is 7.98. The number of benzene rings is 2. The SMILES string of the molecule is CSc1cccc(NC(=O)c2ccc(NC(=O)c3cccs3)cc2)c1. The van der Waals surface area contributed by atoms with Gasteiger partial charge in [-0.15, -0.1) is 23.1 Å². The van der Waals surface area contributed by atoms with Gasteiger partial charge in [-0.1, -0.05) is 12.1 Å². The molecule has 2 aromatic carbocycles. The number of carbonyl (C=O) groups excluding carboxylic acids is 2. The molecule has 3 aromatic rings. The van der Waals surface area contributed by atoms with Crippen LogP contribution in [0.3, 0.4) is 0 Å². The molecule has 0 aliphatic carbocycles. The van der Waals surface area contributed by atoms with Gasteiger partial charge in [-0.2, -0.15) is 0 Å². The lowest BCUT2D eigenvalue weighted by atomic mass is 10.2. The fourth-order valence-corrected chi connectivity index (χ4v) is 3.29. The number of amides is 2. The van der Waals surface area contributed by atoms with Crippen LogP contribution in [0.4, 0.5) is 11.4 Å². The molecule has 0 atom stereocenters. The van der Waals surface area contributed by atoms with E-state index < -0.39 is 0 Å². The van der Waals surface area contributed by atoms with Crippen molar-refractivity contribution in [1.82, 2.24) is 0 Å². The monoisotopic (exact) mass is 368 g/mol. The van der Waals surface area contributed by atoms with E-state index in [1.54, 1.807) is 42.1 Å². The minimum atomic E-state index is -0.186. The van der Waals surface area contributed by atoms with E-state index >= 15 is 0 Å². The van der Waals surface area contributed by atoms with Crippen molar-refractivity contribution in [1.29, 1.82) is 0 Å². The number of thioether (sulfide) groups is 1. The maximum absolute atomic E-state index is 12.3. The smallest absolute Gasteiger partial charge is 0.265 e. The predicted molar refractivity (Wildman–Crippen MR) is 105 cm³/mol. The van der Waals surface area contributed by atoms with Gasteiger partial charge in [0.1, 0.15) is 0 Å². The Morgan fingerprint density at radius 1 is 0.880 bits per heavy atom. The highest BCUT2D eigenvalue weighted by atomic mass is 32.2. The van der Waals surface area contributed by atoms with Crippen LogP contribution in [0.1, 0.15) is 20.0 Å². The highest BCUT2D eigenvalue weighted by Gasteiger charge is 2.09. The minimum absolute atomic E-state index is 0.152. The molecule has 0 aliphatic rings. The molecular formula is C19H16N2O2S2. The van der Waals surface area contributed by atoms with E-state index in [-0.39, 0.29) is 11.8 Å². The summed E-state index contributed by atoms with van der Waals surface area (Å²) in [6.45, 7) is 0. The fraction of sp³-hybridized carbons (Fsp3) is 0.0526.